The van der Waals surface area contributed by atoms with Crippen molar-refractivity contribution in [2.45, 2.75) is 32.6 Å². The fourth-order valence-electron chi connectivity index (χ4n) is 7.44. The fraction of sp³-hybridized carbons (Fsp3) is 0.750. The average Bonchev–Trinajstić information content (AvgIpc) is 3.24. The minimum Gasteiger partial charge on any atom is -0.462 e. The Balaban J connectivity index is 1.32. The molecule has 4 bridgehead atoms. The summed E-state index contributed by atoms with van der Waals surface area (Å²) in [6.07, 6.45) is 10.6. The van der Waals surface area contributed by atoms with Gasteiger partial charge >= 0.3 is 5.97 Å². The lowest BCUT2D eigenvalue weighted by Gasteiger charge is -2.43. The molecule has 118 valence electrons. The van der Waals surface area contributed by atoms with Crippen molar-refractivity contribution >= 4 is 5.97 Å². The molecule has 0 radical (unpaired) electrons. The van der Waals surface area contributed by atoms with Crippen molar-refractivity contribution in [3.63, 3.8) is 0 Å². The maximum absolute atomic E-state index is 11.7. The molecular weight excluding hydrogens is 272 g/mol. The fourth-order valence-corrected chi connectivity index (χ4v) is 7.44. The molecule has 0 amide bonds. The molecule has 5 rings (SSSR count). The first kappa shape index (κ1) is 13.4. The molecule has 0 aromatic carbocycles. The molecule has 0 saturated heterocycles. The van der Waals surface area contributed by atoms with E-state index in [0.29, 0.717) is 18.1 Å². The Labute approximate surface area is 133 Å². The predicted molar refractivity (Wildman–Crippen MR) is 84.8 cm³/mol. The summed E-state index contributed by atoms with van der Waals surface area (Å²) in [6, 6.07) is 0. The van der Waals surface area contributed by atoms with Gasteiger partial charge < -0.3 is 4.74 Å². The van der Waals surface area contributed by atoms with Crippen LogP contribution in [-0.4, -0.2) is 12.6 Å². The number of hydrogen-bond acceptors (Lipinski definition) is 2. The van der Waals surface area contributed by atoms with E-state index in [0.717, 1.165) is 47.3 Å². The van der Waals surface area contributed by atoms with Crippen LogP contribution in [0.2, 0.25) is 0 Å². The summed E-state index contributed by atoms with van der Waals surface area (Å²) < 4.78 is 5.50. The van der Waals surface area contributed by atoms with Crippen LogP contribution >= 0.6 is 0 Å². The number of carbonyl (C=O) groups excluding carboxylic acids is 1. The highest BCUT2D eigenvalue weighted by atomic mass is 16.5. The number of ether oxygens (including phenoxy) is 1. The first-order valence-electron chi connectivity index (χ1n) is 9.14. The molecule has 9 atom stereocenters. The van der Waals surface area contributed by atoms with E-state index in [4.69, 9.17) is 4.74 Å². The summed E-state index contributed by atoms with van der Waals surface area (Å²) in [5.41, 5.74) is 0.528. The molecule has 9 unspecified atom stereocenters. The third-order valence-corrected chi connectivity index (χ3v) is 7.88. The number of carbonyl (C=O) groups is 1. The Bertz CT molecular complexity index is 562. The van der Waals surface area contributed by atoms with Crippen LogP contribution in [0.25, 0.3) is 0 Å². The van der Waals surface area contributed by atoms with Crippen LogP contribution in [0.4, 0.5) is 0 Å². The van der Waals surface area contributed by atoms with Crippen LogP contribution in [0, 0.1) is 53.3 Å². The lowest BCUT2D eigenvalue weighted by atomic mass is 9.62. The zero-order valence-electron chi connectivity index (χ0n) is 13.4. The van der Waals surface area contributed by atoms with Gasteiger partial charge in [0.05, 0.1) is 6.61 Å². The number of rotatable bonds is 3. The van der Waals surface area contributed by atoms with Crippen molar-refractivity contribution in [2.24, 2.45) is 53.3 Å². The van der Waals surface area contributed by atoms with Crippen molar-refractivity contribution in [3.05, 3.63) is 24.3 Å². The van der Waals surface area contributed by atoms with Crippen molar-refractivity contribution in [1.82, 2.24) is 0 Å². The highest BCUT2D eigenvalue weighted by Crippen LogP contribution is 2.72. The summed E-state index contributed by atoms with van der Waals surface area (Å²) in [5.74, 6) is 8.00. The Morgan fingerprint density at radius 1 is 1.14 bits per heavy atom. The molecule has 5 aliphatic carbocycles. The van der Waals surface area contributed by atoms with Crippen molar-refractivity contribution in [1.29, 1.82) is 0 Å². The normalized spacial score (nSPS) is 52.9. The van der Waals surface area contributed by atoms with Gasteiger partial charge in [-0.1, -0.05) is 18.7 Å². The second-order valence-corrected chi connectivity index (χ2v) is 8.66. The second kappa shape index (κ2) is 4.49. The molecule has 0 aromatic heterocycles. The Morgan fingerprint density at radius 2 is 2.00 bits per heavy atom. The van der Waals surface area contributed by atoms with Gasteiger partial charge in [-0.05, 0) is 85.9 Å². The standard InChI is InChI=1S/C20H26O2/c1-10(2)20(21)22-9-12-6-11-7-15(12)19-17-8-16(18(11)19)13-4-3-5-14(13)17/h3,5,11-19H,1,4,6-9H2,2H3. The van der Waals surface area contributed by atoms with E-state index in [1.807, 2.05) is 0 Å². The quantitative estimate of drug-likeness (QED) is 0.342. The number of allylic oxidation sites excluding steroid dienone is 2. The van der Waals surface area contributed by atoms with Crippen molar-refractivity contribution in [3.8, 4) is 0 Å². The highest BCUT2D eigenvalue weighted by molar-refractivity contribution is 5.86. The van der Waals surface area contributed by atoms with Gasteiger partial charge in [0.2, 0.25) is 0 Å². The first-order chi connectivity index (χ1) is 10.6. The first-order valence-corrected chi connectivity index (χ1v) is 9.14. The third-order valence-electron chi connectivity index (χ3n) is 7.88. The smallest absolute Gasteiger partial charge is 0.333 e. The molecule has 2 nitrogen and oxygen atoms in total. The summed E-state index contributed by atoms with van der Waals surface area (Å²) in [5, 5.41) is 0. The summed E-state index contributed by atoms with van der Waals surface area (Å²) >= 11 is 0. The van der Waals surface area contributed by atoms with E-state index in [1.54, 1.807) is 6.92 Å². The zero-order chi connectivity index (χ0) is 15.0. The summed E-state index contributed by atoms with van der Waals surface area (Å²) in [4.78, 5) is 11.7. The monoisotopic (exact) mass is 298 g/mol. The van der Waals surface area contributed by atoms with E-state index in [-0.39, 0.29) is 5.97 Å². The molecule has 2 heteroatoms. The highest BCUT2D eigenvalue weighted by Gasteiger charge is 2.67. The van der Waals surface area contributed by atoms with Gasteiger partial charge in [0.1, 0.15) is 0 Å². The third kappa shape index (κ3) is 1.59. The van der Waals surface area contributed by atoms with Gasteiger partial charge in [0.15, 0.2) is 0 Å². The van der Waals surface area contributed by atoms with Crippen molar-refractivity contribution < 1.29 is 9.53 Å². The zero-order valence-corrected chi connectivity index (χ0v) is 13.4. The van der Waals surface area contributed by atoms with E-state index in [9.17, 15) is 4.79 Å². The molecule has 4 saturated carbocycles. The molecule has 0 spiro atoms. The van der Waals surface area contributed by atoms with Crippen LogP contribution in [0.3, 0.4) is 0 Å². The van der Waals surface area contributed by atoms with Gasteiger partial charge in [-0.15, -0.1) is 0 Å². The molecule has 0 aliphatic heterocycles. The maximum Gasteiger partial charge on any atom is 0.333 e. The maximum atomic E-state index is 11.7. The van der Waals surface area contributed by atoms with Crippen molar-refractivity contribution in [2.75, 3.05) is 6.61 Å². The minimum atomic E-state index is -0.203. The van der Waals surface area contributed by atoms with Gasteiger partial charge in [-0.25, -0.2) is 4.79 Å². The van der Waals surface area contributed by atoms with E-state index in [2.05, 4.69) is 18.7 Å². The van der Waals surface area contributed by atoms with Crippen LogP contribution in [-0.2, 0) is 9.53 Å². The molecule has 0 N–H and O–H groups in total. The number of esters is 1. The Kier molecular flexibility index (Phi) is 2.73. The molecule has 22 heavy (non-hydrogen) atoms. The number of fused-ring (bicyclic) bond motifs is 12. The Morgan fingerprint density at radius 3 is 2.82 bits per heavy atom. The van der Waals surface area contributed by atoms with Gasteiger partial charge in [-0.2, -0.15) is 0 Å². The van der Waals surface area contributed by atoms with E-state index < -0.39 is 0 Å². The summed E-state index contributed by atoms with van der Waals surface area (Å²) in [6.45, 7) is 6.06. The topological polar surface area (TPSA) is 26.3 Å². The van der Waals surface area contributed by atoms with Crippen LogP contribution in [0.1, 0.15) is 32.6 Å². The molecular formula is C20H26O2. The lowest BCUT2D eigenvalue weighted by Crippen LogP contribution is -2.39. The van der Waals surface area contributed by atoms with Gasteiger partial charge in [0, 0.05) is 5.57 Å². The lowest BCUT2D eigenvalue weighted by molar-refractivity contribution is -0.141. The van der Waals surface area contributed by atoms with Crippen LogP contribution in [0.15, 0.2) is 24.3 Å². The second-order valence-electron chi connectivity index (χ2n) is 8.66. The number of hydrogen-bond donors (Lipinski definition) is 0. The van der Waals surface area contributed by atoms with E-state index in [1.165, 1.54) is 25.7 Å². The predicted octanol–water partition coefficient (Wildman–Crippen LogP) is 3.84. The molecule has 5 aliphatic rings. The van der Waals surface area contributed by atoms with Gasteiger partial charge in [0.25, 0.3) is 0 Å². The molecule has 0 aromatic rings. The Hall–Kier alpha value is -1.05. The minimum absolute atomic E-state index is 0.203. The summed E-state index contributed by atoms with van der Waals surface area (Å²) in [7, 11) is 0. The average molecular weight is 298 g/mol. The van der Waals surface area contributed by atoms with Crippen LogP contribution < -0.4 is 0 Å². The van der Waals surface area contributed by atoms with E-state index >= 15 is 0 Å². The van der Waals surface area contributed by atoms with Crippen LogP contribution in [0.5, 0.6) is 0 Å². The SMILES string of the molecule is C=C(C)C(=O)OCC1CC2CC1C1C3CC(C4CC=CC43)C21. The molecule has 4 fully saturated rings. The van der Waals surface area contributed by atoms with Gasteiger partial charge in [-0.3, -0.25) is 0 Å². The molecule has 0 heterocycles. The largest absolute Gasteiger partial charge is 0.462 e.